The molecule has 2 heterocycles. The van der Waals surface area contributed by atoms with Crippen LogP contribution in [0, 0.1) is 0 Å². The second kappa shape index (κ2) is 5.07. The molecule has 1 atom stereocenters. The first kappa shape index (κ1) is 12.7. The molecule has 0 fully saturated rings. The van der Waals surface area contributed by atoms with E-state index >= 15 is 0 Å². The zero-order chi connectivity index (χ0) is 14.9. The molecule has 0 unspecified atom stereocenters. The molecule has 0 aliphatic rings. The highest BCUT2D eigenvalue weighted by molar-refractivity contribution is 5.86. The fourth-order valence-corrected chi connectivity index (χ4v) is 2.65. The number of aromatic nitrogens is 5. The molecule has 6 nitrogen and oxygen atoms in total. The first-order valence-electron chi connectivity index (χ1n) is 7.11. The summed E-state index contributed by atoms with van der Waals surface area (Å²) in [6.07, 6.45) is 0. The number of nitrogens with one attached hydrogen (secondary N) is 1. The average molecular weight is 290 g/mol. The van der Waals surface area contributed by atoms with E-state index in [1.807, 2.05) is 12.1 Å². The number of tetrazole rings is 1. The lowest BCUT2D eigenvalue weighted by molar-refractivity contribution is 0.728. The Labute approximate surface area is 126 Å². The lowest BCUT2D eigenvalue weighted by Gasteiger charge is -2.17. The third kappa shape index (κ3) is 2.14. The van der Waals surface area contributed by atoms with Crippen LogP contribution in [0.4, 0.5) is 5.82 Å². The second-order valence-electron chi connectivity index (χ2n) is 5.18. The topological polar surface area (TPSA) is 68.0 Å². The molecular weight excluding hydrogens is 276 g/mol. The summed E-state index contributed by atoms with van der Waals surface area (Å²) in [7, 11) is 0. The highest BCUT2D eigenvalue weighted by atomic mass is 15.6. The predicted molar refractivity (Wildman–Crippen MR) is 84.6 cm³/mol. The minimum atomic E-state index is 0.118. The van der Waals surface area contributed by atoms with Crippen molar-refractivity contribution in [1.82, 2.24) is 25.3 Å². The maximum absolute atomic E-state index is 4.35. The minimum absolute atomic E-state index is 0.118. The standard InChI is InChI=1S/C16H14N6/c1-11(13-8-4-6-12-5-2-3-7-14(12)13)17-15-9-10-16-18-20-21-22(16)19-15/h2-11H,1H3,(H,17,19)/t11-/m1/s1. The molecule has 0 aliphatic carbocycles. The zero-order valence-corrected chi connectivity index (χ0v) is 12.0. The smallest absolute Gasteiger partial charge is 0.200 e. The Kier molecular flexibility index (Phi) is 2.93. The zero-order valence-electron chi connectivity index (χ0n) is 12.0. The first-order chi connectivity index (χ1) is 10.8. The molecular formula is C16H14N6. The molecule has 0 amide bonds. The summed E-state index contributed by atoms with van der Waals surface area (Å²) in [5, 5.41) is 21.5. The van der Waals surface area contributed by atoms with Crippen LogP contribution in [-0.2, 0) is 0 Å². The summed E-state index contributed by atoms with van der Waals surface area (Å²) >= 11 is 0. The van der Waals surface area contributed by atoms with Gasteiger partial charge >= 0.3 is 0 Å². The molecule has 4 rings (SSSR count). The van der Waals surface area contributed by atoms with E-state index < -0.39 is 0 Å². The first-order valence-corrected chi connectivity index (χ1v) is 7.11. The van der Waals surface area contributed by atoms with Gasteiger partial charge in [0.1, 0.15) is 5.82 Å². The van der Waals surface area contributed by atoms with Crippen LogP contribution >= 0.6 is 0 Å². The molecule has 4 aromatic rings. The van der Waals surface area contributed by atoms with Gasteiger partial charge in [-0.3, -0.25) is 0 Å². The van der Waals surface area contributed by atoms with Gasteiger partial charge in [-0.1, -0.05) is 42.5 Å². The molecule has 2 aromatic heterocycles. The van der Waals surface area contributed by atoms with E-state index in [9.17, 15) is 0 Å². The molecule has 0 radical (unpaired) electrons. The largest absolute Gasteiger partial charge is 0.362 e. The number of benzene rings is 2. The lowest BCUT2D eigenvalue weighted by Crippen LogP contribution is -2.10. The van der Waals surface area contributed by atoms with Crippen molar-refractivity contribution in [3.63, 3.8) is 0 Å². The Morgan fingerprint density at radius 2 is 1.86 bits per heavy atom. The Bertz CT molecular complexity index is 940. The van der Waals surface area contributed by atoms with E-state index in [0.717, 1.165) is 5.82 Å². The fraction of sp³-hybridized carbons (Fsp3) is 0.125. The van der Waals surface area contributed by atoms with Crippen molar-refractivity contribution in [2.24, 2.45) is 0 Å². The van der Waals surface area contributed by atoms with Gasteiger partial charge in [0.05, 0.1) is 6.04 Å². The molecule has 0 saturated heterocycles. The van der Waals surface area contributed by atoms with Gasteiger partial charge < -0.3 is 5.32 Å². The van der Waals surface area contributed by atoms with Crippen molar-refractivity contribution in [1.29, 1.82) is 0 Å². The average Bonchev–Trinajstić information content (AvgIpc) is 3.02. The van der Waals surface area contributed by atoms with Crippen LogP contribution in [0.25, 0.3) is 16.4 Å². The predicted octanol–water partition coefficient (Wildman–Crippen LogP) is 2.85. The van der Waals surface area contributed by atoms with Gasteiger partial charge in [0, 0.05) is 0 Å². The summed E-state index contributed by atoms with van der Waals surface area (Å²) in [5.74, 6) is 0.736. The van der Waals surface area contributed by atoms with E-state index in [1.165, 1.54) is 21.0 Å². The van der Waals surface area contributed by atoms with Crippen LogP contribution < -0.4 is 5.32 Å². The van der Waals surface area contributed by atoms with Gasteiger partial charge in [0.25, 0.3) is 0 Å². The van der Waals surface area contributed by atoms with E-state index in [-0.39, 0.29) is 6.04 Å². The van der Waals surface area contributed by atoms with Crippen molar-refractivity contribution >= 4 is 22.2 Å². The molecule has 0 spiro atoms. The van der Waals surface area contributed by atoms with Gasteiger partial charge in [-0.15, -0.1) is 14.8 Å². The lowest BCUT2D eigenvalue weighted by atomic mass is 10.00. The van der Waals surface area contributed by atoms with Gasteiger partial charge in [0.15, 0.2) is 5.65 Å². The molecule has 108 valence electrons. The van der Waals surface area contributed by atoms with Crippen molar-refractivity contribution in [3.8, 4) is 0 Å². The monoisotopic (exact) mass is 290 g/mol. The summed E-state index contributed by atoms with van der Waals surface area (Å²) in [4.78, 5) is 0. The third-order valence-corrected chi connectivity index (χ3v) is 3.72. The molecule has 0 bridgehead atoms. The van der Waals surface area contributed by atoms with Crippen LogP contribution in [0.15, 0.2) is 54.6 Å². The number of hydrogen-bond acceptors (Lipinski definition) is 5. The summed E-state index contributed by atoms with van der Waals surface area (Å²) in [5.41, 5.74) is 1.86. The number of anilines is 1. The van der Waals surface area contributed by atoms with Gasteiger partial charge in [0.2, 0.25) is 0 Å². The highest BCUT2D eigenvalue weighted by Gasteiger charge is 2.10. The van der Waals surface area contributed by atoms with E-state index in [1.54, 1.807) is 0 Å². The van der Waals surface area contributed by atoms with Crippen LogP contribution in [0.2, 0.25) is 0 Å². The molecule has 2 aromatic carbocycles. The van der Waals surface area contributed by atoms with Crippen LogP contribution in [0.5, 0.6) is 0 Å². The molecule has 1 N–H and O–H groups in total. The van der Waals surface area contributed by atoms with Crippen LogP contribution in [0.1, 0.15) is 18.5 Å². The van der Waals surface area contributed by atoms with Crippen molar-refractivity contribution in [2.75, 3.05) is 5.32 Å². The van der Waals surface area contributed by atoms with E-state index in [4.69, 9.17) is 0 Å². The Morgan fingerprint density at radius 3 is 2.82 bits per heavy atom. The number of nitrogens with zero attached hydrogens (tertiary/aromatic N) is 5. The van der Waals surface area contributed by atoms with Gasteiger partial charge in [-0.25, -0.2) is 0 Å². The summed E-state index contributed by atoms with van der Waals surface area (Å²) < 4.78 is 1.41. The van der Waals surface area contributed by atoms with Crippen molar-refractivity contribution in [2.45, 2.75) is 13.0 Å². The number of rotatable bonds is 3. The minimum Gasteiger partial charge on any atom is -0.362 e. The van der Waals surface area contributed by atoms with Gasteiger partial charge in [-0.2, -0.15) is 0 Å². The molecule has 0 aliphatic heterocycles. The van der Waals surface area contributed by atoms with Crippen LogP contribution in [0.3, 0.4) is 0 Å². The fourth-order valence-electron chi connectivity index (χ4n) is 2.65. The van der Waals surface area contributed by atoms with E-state index in [0.29, 0.717) is 5.65 Å². The maximum Gasteiger partial charge on any atom is 0.200 e. The summed E-state index contributed by atoms with van der Waals surface area (Å²) in [6, 6.07) is 18.5. The Morgan fingerprint density at radius 1 is 1.00 bits per heavy atom. The number of fused-ring (bicyclic) bond motifs is 2. The van der Waals surface area contributed by atoms with Crippen LogP contribution in [-0.4, -0.2) is 25.3 Å². The highest BCUT2D eigenvalue weighted by Crippen LogP contribution is 2.26. The normalized spacial score (nSPS) is 12.6. The third-order valence-electron chi connectivity index (χ3n) is 3.72. The SMILES string of the molecule is C[C@@H](Nc1ccc2nnnn2n1)c1cccc2ccccc12. The van der Waals surface area contributed by atoms with Gasteiger partial charge in [-0.05, 0) is 45.8 Å². The molecule has 22 heavy (non-hydrogen) atoms. The number of hydrogen-bond donors (Lipinski definition) is 1. The molecule has 6 heteroatoms. The van der Waals surface area contributed by atoms with Crippen molar-refractivity contribution in [3.05, 3.63) is 60.2 Å². The quantitative estimate of drug-likeness (QED) is 0.628. The molecule has 0 saturated carbocycles. The van der Waals surface area contributed by atoms with Crippen molar-refractivity contribution < 1.29 is 0 Å². The Balaban J connectivity index is 1.69. The summed E-state index contributed by atoms with van der Waals surface area (Å²) in [6.45, 7) is 2.12. The maximum atomic E-state index is 4.35. The second-order valence-corrected chi connectivity index (χ2v) is 5.18. The van der Waals surface area contributed by atoms with E-state index in [2.05, 4.69) is 75.3 Å². The Hall–Kier alpha value is -3.02.